The zero-order valence-corrected chi connectivity index (χ0v) is 19.9. The highest BCUT2D eigenvalue weighted by Crippen LogP contribution is 2.27. The molecule has 0 bridgehead atoms. The normalized spacial score (nSPS) is 12.3. The quantitative estimate of drug-likeness (QED) is 0.336. The molecular weight excluding hydrogens is 463 g/mol. The second-order valence-electron chi connectivity index (χ2n) is 8.86. The van der Waals surface area contributed by atoms with Crippen LogP contribution in [-0.2, 0) is 21.9 Å². The van der Waals surface area contributed by atoms with E-state index in [4.69, 9.17) is 11.6 Å². The molecule has 0 aliphatic rings. The Kier molecular flexibility index (Phi) is 5.88. The first-order chi connectivity index (χ1) is 15.5. The molecule has 1 aromatic heterocycles. The van der Waals surface area contributed by atoms with Crippen molar-refractivity contribution in [3.8, 4) is 0 Å². The van der Waals surface area contributed by atoms with Crippen molar-refractivity contribution in [2.75, 3.05) is 0 Å². The molecule has 0 amide bonds. The average Bonchev–Trinajstić information content (AvgIpc) is 3.17. The molecule has 33 heavy (non-hydrogen) atoms. The fourth-order valence-corrected chi connectivity index (χ4v) is 5.19. The maximum absolute atomic E-state index is 14.1. The van der Waals surface area contributed by atoms with E-state index in [1.807, 2.05) is 26.8 Å². The molecule has 0 aliphatic carbocycles. The minimum Gasteiger partial charge on any atom is -0.294 e. The molecule has 8 heteroatoms. The van der Waals surface area contributed by atoms with Crippen molar-refractivity contribution in [1.82, 2.24) is 9.19 Å². The summed E-state index contributed by atoms with van der Waals surface area (Å²) < 4.78 is 41.9. The van der Waals surface area contributed by atoms with Crippen molar-refractivity contribution in [3.63, 3.8) is 0 Å². The molecule has 3 aromatic carbocycles. The Bertz CT molecular complexity index is 1470. The Hall–Kier alpha value is -3.03. The maximum atomic E-state index is 14.1. The van der Waals surface area contributed by atoms with Crippen molar-refractivity contribution in [1.29, 1.82) is 0 Å². The number of Topliss-reactive ketones (excluding diaryl/α,β-unsaturated/α-hetero) is 1. The lowest BCUT2D eigenvalue weighted by atomic mass is 9.87. The van der Waals surface area contributed by atoms with Gasteiger partial charge in [0.15, 0.2) is 5.78 Å². The molecule has 4 rings (SSSR count). The van der Waals surface area contributed by atoms with Gasteiger partial charge in [-0.3, -0.25) is 4.79 Å². The third-order valence-corrected chi connectivity index (χ3v) is 7.35. The largest absolute Gasteiger partial charge is 0.294 e. The monoisotopic (exact) mass is 484 g/mol. The first-order valence-electron chi connectivity index (χ1n) is 10.3. The van der Waals surface area contributed by atoms with Gasteiger partial charge in [-0.15, -0.1) is 0 Å². The number of carbonyl (C=O) groups is 1. The maximum Gasteiger partial charge on any atom is 0.283 e. The number of benzene rings is 3. The number of aromatic nitrogens is 2. The fourth-order valence-electron chi connectivity index (χ4n) is 3.60. The summed E-state index contributed by atoms with van der Waals surface area (Å²) in [6.45, 7) is 6.02. The van der Waals surface area contributed by atoms with Gasteiger partial charge in [0.2, 0.25) is 0 Å². The van der Waals surface area contributed by atoms with Crippen LogP contribution in [0.15, 0.2) is 71.8 Å². The van der Waals surface area contributed by atoms with E-state index in [2.05, 4.69) is 5.10 Å². The molecule has 0 spiro atoms. The SMILES string of the molecule is CC(C)(C)c1cccc(S(=O)(=O)n2ncc3ccc(CC(=O)c4c(F)cccc4Cl)cc32)c1. The Morgan fingerprint density at radius 1 is 1.06 bits per heavy atom. The van der Waals surface area contributed by atoms with Crippen LogP contribution in [-0.4, -0.2) is 23.4 Å². The van der Waals surface area contributed by atoms with Crippen LogP contribution in [0, 0.1) is 5.82 Å². The van der Waals surface area contributed by atoms with E-state index >= 15 is 0 Å². The molecule has 0 unspecified atom stereocenters. The van der Waals surface area contributed by atoms with Gasteiger partial charge in [-0.1, -0.05) is 62.7 Å². The number of nitrogens with zero attached hydrogens (tertiary/aromatic N) is 2. The lowest BCUT2D eigenvalue weighted by Crippen LogP contribution is -2.17. The number of fused-ring (bicyclic) bond motifs is 1. The molecule has 0 radical (unpaired) electrons. The van der Waals surface area contributed by atoms with Gasteiger partial charge in [-0.25, -0.2) is 4.39 Å². The third-order valence-electron chi connectivity index (χ3n) is 5.43. The summed E-state index contributed by atoms with van der Waals surface area (Å²) >= 11 is 6.01. The lowest BCUT2D eigenvalue weighted by Gasteiger charge is -2.19. The summed E-state index contributed by atoms with van der Waals surface area (Å²) in [7, 11) is -3.98. The van der Waals surface area contributed by atoms with Gasteiger partial charge in [0.05, 0.1) is 27.2 Å². The minimum atomic E-state index is -3.98. The molecule has 0 aliphatic heterocycles. The highest BCUT2D eigenvalue weighted by molar-refractivity contribution is 7.90. The second-order valence-corrected chi connectivity index (χ2v) is 11.0. The summed E-state index contributed by atoms with van der Waals surface area (Å²) in [6, 6.07) is 15.8. The van der Waals surface area contributed by atoms with E-state index in [9.17, 15) is 17.6 Å². The van der Waals surface area contributed by atoms with Crippen LogP contribution >= 0.6 is 11.6 Å². The smallest absolute Gasteiger partial charge is 0.283 e. The zero-order chi connectivity index (χ0) is 24.0. The van der Waals surface area contributed by atoms with Gasteiger partial charge in [-0.05, 0) is 46.9 Å². The number of rotatable bonds is 5. The molecule has 170 valence electrons. The highest BCUT2D eigenvalue weighted by atomic mass is 35.5. The summed E-state index contributed by atoms with van der Waals surface area (Å²) in [5, 5.41) is 4.74. The number of hydrogen-bond acceptors (Lipinski definition) is 4. The molecule has 0 atom stereocenters. The van der Waals surface area contributed by atoms with Crippen LogP contribution < -0.4 is 0 Å². The van der Waals surface area contributed by atoms with Crippen LogP contribution in [0.1, 0.15) is 42.3 Å². The molecule has 4 aromatic rings. The highest BCUT2D eigenvalue weighted by Gasteiger charge is 2.24. The first kappa shape index (κ1) is 23.1. The van der Waals surface area contributed by atoms with Crippen molar-refractivity contribution in [2.24, 2.45) is 0 Å². The zero-order valence-electron chi connectivity index (χ0n) is 18.3. The number of halogens is 2. The standard InChI is InChI=1S/C25H22ClFN2O3S/c1-25(2,3)18-6-4-7-19(14-18)33(31,32)29-22-12-16(10-11-17(22)15-28-29)13-23(30)24-20(26)8-5-9-21(24)27/h4-12,14-15H,13H2,1-3H3. The Morgan fingerprint density at radius 3 is 2.48 bits per heavy atom. The van der Waals surface area contributed by atoms with Gasteiger partial charge in [0, 0.05) is 11.8 Å². The number of hydrogen-bond donors (Lipinski definition) is 0. The van der Waals surface area contributed by atoms with E-state index in [1.165, 1.54) is 30.5 Å². The Morgan fingerprint density at radius 2 is 1.79 bits per heavy atom. The van der Waals surface area contributed by atoms with Crippen molar-refractivity contribution < 1.29 is 17.6 Å². The molecule has 0 saturated heterocycles. The summed E-state index contributed by atoms with van der Waals surface area (Å²) in [5.74, 6) is -1.19. The molecule has 0 fully saturated rings. The van der Waals surface area contributed by atoms with Gasteiger partial charge >= 0.3 is 0 Å². The first-order valence-corrected chi connectivity index (χ1v) is 12.1. The van der Waals surface area contributed by atoms with Crippen LogP contribution in [0.25, 0.3) is 10.9 Å². The summed E-state index contributed by atoms with van der Waals surface area (Å²) in [5.41, 5.74) is 1.33. The van der Waals surface area contributed by atoms with Crippen LogP contribution in [0.4, 0.5) is 4.39 Å². The van der Waals surface area contributed by atoms with E-state index in [1.54, 1.807) is 30.3 Å². The van der Waals surface area contributed by atoms with Crippen LogP contribution in [0.2, 0.25) is 5.02 Å². The lowest BCUT2D eigenvalue weighted by molar-refractivity contribution is 0.0989. The van der Waals surface area contributed by atoms with E-state index < -0.39 is 21.6 Å². The Balaban J connectivity index is 1.74. The second kappa shape index (κ2) is 8.39. The molecule has 1 heterocycles. The van der Waals surface area contributed by atoms with Gasteiger partial charge in [0.25, 0.3) is 10.0 Å². The summed E-state index contributed by atoms with van der Waals surface area (Å²) in [6.07, 6.45) is 1.32. The van der Waals surface area contributed by atoms with Crippen LogP contribution in [0.5, 0.6) is 0 Å². The van der Waals surface area contributed by atoms with Gasteiger partial charge < -0.3 is 0 Å². The molecule has 5 nitrogen and oxygen atoms in total. The summed E-state index contributed by atoms with van der Waals surface area (Å²) in [4.78, 5) is 12.8. The van der Waals surface area contributed by atoms with E-state index in [-0.39, 0.29) is 27.3 Å². The molecular formula is C25H22ClFN2O3S. The third kappa shape index (κ3) is 4.43. The van der Waals surface area contributed by atoms with Crippen molar-refractivity contribution in [3.05, 3.63) is 94.4 Å². The molecule has 0 saturated carbocycles. The topological polar surface area (TPSA) is 69.0 Å². The van der Waals surface area contributed by atoms with Gasteiger partial charge in [-0.2, -0.15) is 17.6 Å². The van der Waals surface area contributed by atoms with Crippen LogP contribution in [0.3, 0.4) is 0 Å². The fraction of sp³-hybridized carbons (Fsp3) is 0.200. The van der Waals surface area contributed by atoms with Gasteiger partial charge in [0.1, 0.15) is 5.82 Å². The minimum absolute atomic E-state index is 0.0347. The predicted octanol–water partition coefficient (Wildman–Crippen LogP) is 5.79. The van der Waals surface area contributed by atoms with E-state index in [0.29, 0.717) is 16.5 Å². The number of carbonyl (C=O) groups excluding carboxylic acids is 1. The Labute approximate surface area is 196 Å². The van der Waals surface area contributed by atoms with Crippen molar-refractivity contribution >= 4 is 38.3 Å². The molecule has 0 N–H and O–H groups in total. The van der Waals surface area contributed by atoms with Crippen molar-refractivity contribution in [2.45, 2.75) is 37.5 Å². The number of ketones is 1. The predicted molar refractivity (Wildman–Crippen MR) is 127 cm³/mol. The average molecular weight is 485 g/mol. The van der Waals surface area contributed by atoms with E-state index in [0.717, 1.165) is 9.65 Å².